The van der Waals surface area contributed by atoms with E-state index in [9.17, 15) is 3.89 Å². The van der Waals surface area contributed by atoms with Crippen LogP contribution in [0, 0.1) is 6.92 Å². The Morgan fingerprint density at radius 3 is 2.68 bits per heavy atom. The van der Waals surface area contributed by atoms with Gasteiger partial charge in [-0.25, -0.2) is 9.50 Å². The number of benzene rings is 1. The summed E-state index contributed by atoms with van der Waals surface area (Å²) < 4.78 is 14.5. The summed E-state index contributed by atoms with van der Waals surface area (Å²) in [6.45, 7) is 2.08. The summed E-state index contributed by atoms with van der Waals surface area (Å²) >= 11 is 0.275. The molecule has 5 heteroatoms. The molecule has 0 amide bonds. The molecule has 3 aromatic rings. The van der Waals surface area contributed by atoms with Gasteiger partial charge in [0, 0.05) is 22.9 Å². The molecular weight excluding hydrogens is 297 g/mol. The molecule has 0 aliphatic heterocycles. The van der Waals surface area contributed by atoms with Crippen LogP contribution in [0.2, 0.25) is 0 Å². The molecule has 0 saturated heterocycles. The lowest BCUT2D eigenvalue weighted by Crippen LogP contribution is -2.01. The maximum absolute atomic E-state index is 12.5. The minimum absolute atomic E-state index is 0.275. The fraction of sp³-hybridized carbons (Fsp3) is 0.294. The smallest absolute Gasteiger partial charge is 0.156 e. The van der Waals surface area contributed by atoms with E-state index in [0.717, 1.165) is 29.1 Å². The number of aryl methyl sites for hydroxylation is 1. The lowest BCUT2D eigenvalue weighted by atomic mass is 10.1. The highest BCUT2D eigenvalue weighted by molar-refractivity contribution is 7.94. The molecule has 1 aliphatic rings. The molecule has 1 aliphatic carbocycles. The number of halogens is 1. The van der Waals surface area contributed by atoms with Crippen LogP contribution in [0.25, 0.3) is 5.65 Å². The van der Waals surface area contributed by atoms with Crippen LogP contribution in [0.5, 0.6) is 0 Å². The average molecular weight is 313 g/mol. The number of fused-ring (bicyclic) bond motifs is 1. The van der Waals surface area contributed by atoms with Crippen molar-refractivity contribution in [2.75, 3.05) is 0 Å². The molecule has 112 valence electrons. The predicted molar refractivity (Wildman–Crippen MR) is 85.9 cm³/mol. The summed E-state index contributed by atoms with van der Waals surface area (Å²) in [5.41, 5.74) is 4.38. The molecule has 0 atom stereocenters. The van der Waals surface area contributed by atoms with Crippen LogP contribution >= 0.6 is 12.1 Å². The van der Waals surface area contributed by atoms with Gasteiger partial charge in [0.05, 0.1) is 12.1 Å². The van der Waals surface area contributed by atoms with Crippen LogP contribution in [0.3, 0.4) is 0 Å². The maximum Gasteiger partial charge on any atom is 0.156 e. The van der Waals surface area contributed by atoms with Crippen molar-refractivity contribution in [2.45, 2.75) is 37.0 Å². The van der Waals surface area contributed by atoms with Crippen molar-refractivity contribution in [3.63, 3.8) is 0 Å². The SMILES string of the molecule is Cc1cc(Cc2ccc(SF)cc2)n2nc(C3CC3)nc2c1. The molecule has 0 radical (unpaired) electrons. The highest BCUT2D eigenvalue weighted by Crippen LogP contribution is 2.38. The minimum Gasteiger partial charge on any atom is -0.217 e. The Labute approximate surface area is 132 Å². The third-order valence-electron chi connectivity index (χ3n) is 4.01. The summed E-state index contributed by atoms with van der Waals surface area (Å²) in [4.78, 5) is 5.30. The van der Waals surface area contributed by atoms with E-state index in [0.29, 0.717) is 10.8 Å². The van der Waals surface area contributed by atoms with E-state index in [-0.39, 0.29) is 12.1 Å². The third kappa shape index (κ3) is 2.61. The van der Waals surface area contributed by atoms with Crippen molar-refractivity contribution in [1.82, 2.24) is 14.6 Å². The van der Waals surface area contributed by atoms with Crippen LogP contribution in [0.4, 0.5) is 3.89 Å². The first-order chi connectivity index (χ1) is 10.7. The van der Waals surface area contributed by atoms with Crippen LogP contribution in [0.15, 0.2) is 41.3 Å². The zero-order valence-corrected chi connectivity index (χ0v) is 13.1. The Kier molecular flexibility index (Phi) is 3.37. The van der Waals surface area contributed by atoms with E-state index in [1.165, 1.54) is 18.4 Å². The van der Waals surface area contributed by atoms with E-state index in [1.54, 1.807) is 0 Å². The Balaban J connectivity index is 1.72. The van der Waals surface area contributed by atoms with E-state index in [2.05, 4.69) is 29.1 Å². The maximum atomic E-state index is 12.5. The van der Waals surface area contributed by atoms with Gasteiger partial charge >= 0.3 is 0 Å². The molecule has 1 aromatic carbocycles. The summed E-state index contributed by atoms with van der Waals surface area (Å²) in [5, 5.41) is 4.69. The van der Waals surface area contributed by atoms with Gasteiger partial charge in [-0.3, -0.25) is 0 Å². The van der Waals surface area contributed by atoms with Crippen LogP contribution in [0.1, 0.15) is 41.4 Å². The summed E-state index contributed by atoms with van der Waals surface area (Å²) in [7, 11) is 0. The molecule has 3 nitrogen and oxygen atoms in total. The first kappa shape index (κ1) is 13.8. The third-order valence-corrected chi connectivity index (χ3v) is 4.46. The number of hydrogen-bond acceptors (Lipinski definition) is 3. The van der Waals surface area contributed by atoms with Gasteiger partial charge < -0.3 is 0 Å². The zero-order chi connectivity index (χ0) is 15.1. The van der Waals surface area contributed by atoms with Gasteiger partial charge in [0.25, 0.3) is 0 Å². The molecule has 0 N–H and O–H groups in total. The molecule has 22 heavy (non-hydrogen) atoms. The van der Waals surface area contributed by atoms with E-state index >= 15 is 0 Å². The van der Waals surface area contributed by atoms with Gasteiger partial charge in [0.2, 0.25) is 0 Å². The molecule has 1 saturated carbocycles. The van der Waals surface area contributed by atoms with Gasteiger partial charge in [-0.1, -0.05) is 12.1 Å². The van der Waals surface area contributed by atoms with Crippen molar-refractivity contribution in [1.29, 1.82) is 0 Å². The first-order valence-electron chi connectivity index (χ1n) is 7.46. The summed E-state index contributed by atoms with van der Waals surface area (Å²) in [5.74, 6) is 1.52. The van der Waals surface area contributed by atoms with Crippen molar-refractivity contribution in [2.24, 2.45) is 0 Å². The van der Waals surface area contributed by atoms with Crippen molar-refractivity contribution < 1.29 is 3.89 Å². The van der Waals surface area contributed by atoms with Crippen molar-refractivity contribution in [3.05, 3.63) is 59.0 Å². The number of hydrogen-bond donors (Lipinski definition) is 0. The molecule has 0 unspecified atom stereocenters. The largest absolute Gasteiger partial charge is 0.217 e. The lowest BCUT2D eigenvalue weighted by molar-refractivity contribution is 0.833. The minimum atomic E-state index is 0.275. The van der Waals surface area contributed by atoms with E-state index in [1.807, 2.05) is 28.8 Å². The molecule has 0 bridgehead atoms. The Morgan fingerprint density at radius 1 is 1.23 bits per heavy atom. The Hall–Kier alpha value is -1.88. The fourth-order valence-corrected chi connectivity index (χ4v) is 2.96. The zero-order valence-electron chi connectivity index (χ0n) is 12.3. The molecule has 0 spiro atoms. The van der Waals surface area contributed by atoms with Gasteiger partial charge in [-0.05, 0) is 55.2 Å². The van der Waals surface area contributed by atoms with Crippen molar-refractivity contribution in [3.8, 4) is 0 Å². The highest BCUT2D eigenvalue weighted by atomic mass is 32.2. The van der Waals surface area contributed by atoms with Crippen LogP contribution < -0.4 is 0 Å². The van der Waals surface area contributed by atoms with E-state index < -0.39 is 0 Å². The van der Waals surface area contributed by atoms with Gasteiger partial charge in [-0.2, -0.15) is 8.98 Å². The first-order valence-corrected chi connectivity index (χ1v) is 8.18. The second-order valence-corrected chi connectivity index (χ2v) is 6.56. The molecule has 2 heterocycles. The van der Waals surface area contributed by atoms with E-state index in [4.69, 9.17) is 0 Å². The number of rotatable bonds is 4. The number of aromatic nitrogens is 3. The fourth-order valence-electron chi connectivity index (χ4n) is 2.72. The Bertz CT molecular complexity index is 822. The second-order valence-electron chi connectivity index (χ2n) is 5.94. The highest BCUT2D eigenvalue weighted by Gasteiger charge is 2.28. The van der Waals surface area contributed by atoms with Crippen LogP contribution in [-0.4, -0.2) is 14.6 Å². The number of nitrogens with zero attached hydrogens (tertiary/aromatic N) is 3. The second kappa shape index (κ2) is 5.39. The number of pyridine rings is 1. The molecular formula is C17H16FN3S. The van der Waals surface area contributed by atoms with Gasteiger partial charge in [0.1, 0.15) is 0 Å². The topological polar surface area (TPSA) is 30.2 Å². The predicted octanol–water partition coefficient (Wildman–Crippen LogP) is 4.48. The van der Waals surface area contributed by atoms with Crippen LogP contribution in [-0.2, 0) is 6.42 Å². The standard InChI is InChI=1S/C17H16FN3S/c1-11-8-14(10-12-2-6-15(22-18)7-3-12)21-16(9-11)19-17(20-21)13-4-5-13/h2-3,6-9,13H,4-5,10H2,1H3. The summed E-state index contributed by atoms with van der Waals surface area (Å²) in [6.07, 6.45) is 3.17. The van der Waals surface area contributed by atoms with Gasteiger partial charge in [0.15, 0.2) is 11.5 Å². The normalized spacial score (nSPS) is 14.6. The molecule has 2 aromatic heterocycles. The molecule has 1 fully saturated rings. The van der Waals surface area contributed by atoms with Gasteiger partial charge in [-0.15, -0.1) is 0 Å². The monoisotopic (exact) mass is 313 g/mol. The van der Waals surface area contributed by atoms with Crippen molar-refractivity contribution >= 4 is 17.8 Å². The summed E-state index contributed by atoms with van der Waals surface area (Å²) in [6, 6.07) is 11.8. The Morgan fingerprint density at radius 2 is 2.00 bits per heavy atom. The lowest BCUT2D eigenvalue weighted by Gasteiger charge is -2.06. The quantitative estimate of drug-likeness (QED) is 0.711. The molecule has 4 rings (SSSR count). The average Bonchev–Trinajstić information content (AvgIpc) is 3.28.